The molecule has 0 aliphatic carbocycles. The van der Waals surface area contributed by atoms with Crippen molar-refractivity contribution < 1.29 is 8.83 Å². The number of hydrogen-bond donors (Lipinski definition) is 0. The summed E-state index contributed by atoms with van der Waals surface area (Å²) in [5.41, 5.74) is 17.3. The average molecular weight is 972 g/mol. The summed E-state index contributed by atoms with van der Waals surface area (Å²) >= 11 is 0. The fourth-order valence-corrected chi connectivity index (χ4v) is 11.7. The number of rotatable bonds is 7. The Hall–Kier alpha value is -10.4. The highest BCUT2D eigenvalue weighted by Gasteiger charge is 2.22. The minimum atomic E-state index is 0.517. The standard InChI is InChI=1S/C69H41N5O2/c1-2-15-42(16-3-1)49-19-4-5-20-50(49)47-17-14-18-48(37-47)67-70-68(73-59-25-10-6-21-51(59)55-38-43(29-33-61(55)73)45-31-35-65-57(40-45)53-23-8-12-27-63(53)75-65)72-69(71-67)74-60-26-11-7-22-52(60)56-39-44(30-34-62(56)74)46-32-36-66-58(41-46)54-24-9-13-28-64(54)76-66/h1-41H. The first kappa shape index (κ1) is 42.2. The van der Waals surface area contributed by atoms with Crippen LogP contribution in [0.25, 0.3) is 155 Å². The van der Waals surface area contributed by atoms with Crippen molar-refractivity contribution in [2.45, 2.75) is 0 Å². The van der Waals surface area contributed by atoms with Crippen LogP contribution in [0.4, 0.5) is 0 Å². The first-order valence-corrected chi connectivity index (χ1v) is 25.6. The zero-order valence-electron chi connectivity index (χ0n) is 40.7. The Labute approximate surface area is 434 Å². The summed E-state index contributed by atoms with van der Waals surface area (Å²) in [7, 11) is 0. The predicted molar refractivity (Wildman–Crippen MR) is 310 cm³/mol. The molecule has 0 radical (unpaired) electrons. The van der Waals surface area contributed by atoms with E-state index in [1.54, 1.807) is 0 Å². The van der Waals surface area contributed by atoms with Crippen LogP contribution in [-0.4, -0.2) is 24.1 Å². The van der Waals surface area contributed by atoms with Crippen LogP contribution in [0.3, 0.4) is 0 Å². The van der Waals surface area contributed by atoms with Crippen LogP contribution < -0.4 is 0 Å². The highest BCUT2D eigenvalue weighted by atomic mass is 16.3. The lowest BCUT2D eigenvalue weighted by Crippen LogP contribution is -2.10. The third-order valence-corrected chi connectivity index (χ3v) is 15.2. The van der Waals surface area contributed by atoms with Gasteiger partial charge in [-0.2, -0.15) is 15.0 Å². The molecule has 0 fully saturated rings. The molecule has 0 amide bonds. The summed E-state index contributed by atoms with van der Waals surface area (Å²) in [4.78, 5) is 16.5. The van der Waals surface area contributed by atoms with Gasteiger partial charge in [0.1, 0.15) is 22.3 Å². The van der Waals surface area contributed by atoms with Gasteiger partial charge in [-0.3, -0.25) is 9.13 Å². The molecule has 0 atom stereocenters. The van der Waals surface area contributed by atoms with Crippen LogP contribution in [0.1, 0.15) is 0 Å². The zero-order valence-corrected chi connectivity index (χ0v) is 40.7. The third-order valence-electron chi connectivity index (χ3n) is 15.2. The molecule has 5 heterocycles. The number of furan rings is 2. The second kappa shape index (κ2) is 16.6. The van der Waals surface area contributed by atoms with E-state index in [1.165, 1.54) is 0 Å². The van der Waals surface area contributed by atoms with E-state index < -0.39 is 0 Å². The number of benzene rings is 11. The van der Waals surface area contributed by atoms with E-state index in [0.717, 1.165) is 138 Å². The summed E-state index contributed by atoms with van der Waals surface area (Å²) < 4.78 is 16.8. The number of aromatic nitrogens is 5. The van der Waals surface area contributed by atoms with Crippen molar-refractivity contribution in [2.24, 2.45) is 0 Å². The topological polar surface area (TPSA) is 74.8 Å². The van der Waals surface area contributed by atoms with Crippen molar-refractivity contribution in [3.05, 3.63) is 249 Å². The lowest BCUT2D eigenvalue weighted by Gasteiger charge is -2.14. The van der Waals surface area contributed by atoms with Gasteiger partial charge in [0.2, 0.25) is 11.9 Å². The second-order valence-electron chi connectivity index (χ2n) is 19.5. The van der Waals surface area contributed by atoms with E-state index in [-0.39, 0.29) is 0 Å². The van der Waals surface area contributed by atoms with Crippen LogP contribution >= 0.6 is 0 Å². The Kier molecular flexibility index (Phi) is 9.20. The van der Waals surface area contributed by atoms with Crippen LogP contribution in [0, 0.1) is 0 Å². The Morgan fingerprint density at radius 3 is 1.18 bits per heavy atom. The van der Waals surface area contributed by atoms with Crippen molar-refractivity contribution in [2.75, 3.05) is 0 Å². The highest BCUT2D eigenvalue weighted by Crippen LogP contribution is 2.41. The highest BCUT2D eigenvalue weighted by molar-refractivity contribution is 6.13. The summed E-state index contributed by atoms with van der Waals surface area (Å²) in [6.45, 7) is 0. The van der Waals surface area contributed by atoms with Crippen molar-refractivity contribution in [1.82, 2.24) is 24.1 Å². The van der Waals surface area contributed by atoms with Crippen molar-refractivity contribution in [1.29, 1.82) is 0 Å². The SMILES string of the molecule is c1ccc(-c2ccccc2-c2cccc(-c3nc(-n4c5ccccc5c5cc(-c6ccc7oc8ccccc8c7c6)ccc54)nc(-n4c5ccccc5c5cc(-c6ccc7oc8ccccc8c7c6)ccc54)n3)c2)cc1. The molecule has 7 nitrogen and oxygen atoms in total. The van der Waals surface area contributed by atoms with Gasteiger partial charge in [0.15, 0.2) is 5.82 Å². The lowest BCUT2D eigenvalue weighted by atomic mass is 9.94. The van der Waals surface area contributed by atoms with Gasteiger partial charge in [-0.15, -0.1) is 0 Å². The maximum absolute atomic E-state index is 6.22. The summed E-state index contributed by atoms with van der Waals surface area (Å²) in [5, 5.41) is 8.80. The maximum Gasteiger partial charge on any atom is 0.240 e. The number of hydrogen-bond acceptors (Lipinski definition) is 5. The van der Waals surface area contributed by atoms with Gasteiger partial charge in [-0.1, -0.05) is 170 Å². The van der Waals surface area contributed by atoms with Crippen molar-refractivity contribution in [3.63, 3.8) is 0 Å². The first-order chi connectivity index (χ1) is 37.6. The monoisotopic (exact) mass is 971 g/mol. The molecular weight excluding hydrogens is 931 g/mol. The van der Waals surface area contributed by atoms with Gasteiger partial charge in [-0.05, 0) is 123 Å². The molecule has 5 aromatic heterocycles. The minimum Gasteiger partial charge on any atom is -0.456 e. The molecular formula is C69H41N5O2. The molecule has 76 heavy (non-hydrogen) atoms. The van der Waals surface area contributed by atoms with E-state index >= 15 is 0 Å². The van der Waals surface area contributed by atoms with E-state index in [4.69, 9.17) is 23.8 Å². The molecule has 0 N–H and O–H groups in total. The Morgan fingerprint density at radius 2 is 0.632 bits per heavy atom. The van der Waals surface area contributed by atoms with Gasteiger partial charge >= 0.3 is 0 Å². The second-order valence-corrected chi connectivity index (χ2v) is 19.5. The van der Waals surface area contributed by atoms with Crippen LogP contribution in [0.15, 0.2) is 258 Å². The van der Waals surface area contributed by atoms with Crippen LogP contribution in [0.2, 0.25) is 0 Å². The Balaban J connectivity index is 0.908. The van der Waals surface area contributed by atoms with Gasteiger partial charge < -0.3 is 8.83 Å². The molecule has 0 saturated heterocycles. The maximum atomic E-state index is 6.22. The first-order valence-electron chi connectivity index (χ1n) is 25.6. The molecule has 0 aliphatic rings. The fraction of sp³-hybridized carbons (Fsp3) is 0. The minimum absolute atomic E-state index is 0.517. The van der Waals surface area contributed by atoms with Crippen LogP contribution in [0.5, 0.6) is 0 Å². The van der Waals surface area contributed by atoms with Gasteiger partial charge in [0.05, 0.1) is 22.1 Å². The fourth-order valence-electron chi connectivity index (χ4n) is 11.7. The van der Waals surface area contributed by atoms with E-state index in [2.05, 4.69) is 234 Å². The largest absolute Gasteiger partial charge is 0.456 e. The van der Waals surface area contributed by atoms with Gasteiger partial charge in [-0.25, -0.2) is 0 Å². The average Bonchev–Trinajstić information content (AvgIpc) is 4.28. The van der Waals surface area contributed by atoms with E-state index in [0.29, 0.717) is 17.7 Å². The number of fused-ring (bicyclic) bond motifs is 12. The molecule has 11 aromatic carbocycles. The molecule has 0 aliphatic heterocycles. The number of para-hydroxylation sites is 4. The lowest BCUT2D eigenvalue weighted by molar-refractivity contribution is 0.668. The smallest absolute Gasteiger partial charge is 0.240 e. The molecule has 0 bridgehead atoms. The molecule has 354 valence electrons. The molecule has 0 unspecified atom stereocenters. The molecule has 16 rings (SSSR count). The molecule has 0 saturated carbocycles. The van der Waals surface area contributed by atoms with Gasteiger partial charge in [0, 0.05) is 48.7 Å². The summed E-state index contributed by atoms with van der Waals surface area (Å²) in [6.07, 6.45) is 0. The molecule has 0 spiro atoms. The van der Waals surface area contributed by atoms with Gasteiger partial charge in [0.25, 0.3) is 0 Å². The van der Waals surface area contributed by atoms with E-state index in [1.807, 2.05) is 24.3 Å². The Morgan fingerprint density at radius 1 is 0.237 bits per heavy atom. The zero-order chi connectivity index (χ0) is 49.8. The normalized spacial score (nSPS) is 11.9. The predicted octanol–water partition coefficient (Wildman–Crippen LogP) is 18.2. The number of nitrogens with zero attached hydrogens (tertiary/aromatic N) is 5. The van der Waals surface area contributed by atoms with Crippen LogP contribution in [-0.2, 0) is 0 Å². The molecule has 16 aromatic rings. The Bertz CT molecular complexity index is 4770. The third kappa shape index (κ3) is 6.59. The molecule has 7 heteroatoms. The summed E-state index contributed by atoms with van der Waals surface area (Å²) in [5.74, 6) is 1.59. The summed E-state index contributed by atoms with van der Waals surface area (Å²) in [6, 6.07) is 87.6. The quantitative estimate of drug-likeness (QED) is 0.159. The van der Waals surface area contributed by atoms with E-state index in [9.17, 15) is 0 Å². The van der Waals surface area contributed by atoms with Crippen molar-refractivity contribution in [3.8, 4) is 67.8 Å². The van der Waals surface area contributed by atoms with Crippen molar-refractivity contribution >= 4 is 87.5 Å².